The van der Waals surface area contributed by atoms with Gasteiger partial charge in [-0.3, -0.25) is 4.79 Å². The standard InChI is InChI=1S/C13H19ClN2O2/c1-3-13(15,4-2)8-16-12(18)10-7-9(17)5-6-11(10)14/h5-7,17H,3-4,8,15H2,1-2H3,(H,16,18). The van der Waals surface area contributed by atoms with Crippen molar-refractivity contribution in [2.75, 3.05) is 6.54 Å². The number of amides is 1. The molecule has 1 aromatic carbocycles. The van der Waals surface area contributed by atoms with Gasteiger partial charge in [0.1, 0.15) is 5.75 Å². The van der Waals surface area contributed by atoms with Crippen molar-refractivity contribution in [3.8, 4) is 5.75 Å². The number of hydrogen-bond donors (Lipinski definition) is 3. The number of aromatic hydroxyl groups is 1. The maximum absolute atomic E-state index is 11.9. The highest BCUT2D eigenvalue weighted by Crippen LogP contribution is 2.21. The summed E-state index contributed by atoms with van der Waals surface area (Å²) in [6.07, 6.45) is 1.55. The molecule has 4 nitrogen and oxygen atoms in total. The Kier molecular flexibility index (Phi) is 4.99. The van der Waals surface area contributed by atoms with Gasteiger partial charge in [-0.2, -0.15) is 0 Å². The van der Waals surface area contributed by atoms with E-state index >= 15 is 0 Å². The normalized spacial score (nSPS) is 11.3. The summed E-state index contributed by atoms with van der Waals surface area (Å²) in [6.45, 7) is 4.35. The third-order valence-corrected chi connectivity index (χ3v) is 3.53. The highest BCUT2D eigenvalue weighted by atomic mass is 35.5. The summed E-state index contributed by atoms with van der Waals surface area (Å²) < 4.78 is 0. The van der Waals surface area contributed by atoms with Gasteiger partial charge in [-0.1, -0.05) is 25.4 Å². The summed E-state index contributed by atoms with van der Waals surface area (Å²) >= 11 is 5.91. The van der Waals surface area contributed by atoms with Gasteiger partial charge in [-0.15, -0.1) is 0 Å². The highest BCUT2D eigenvalue weighted by molar-refractivity contribution is 6.33. The van der Waals surface area contributed by atoms with Crippen LogP contribution in [0, 0.1) is 0 Å². The van der Waals surface area contributed by atoms with E-state index in [1.165, 1.54) is 18.2 Å². The molecule has 0 fully saturated rings. The van der Waals surface area contributed by atoms with Gasteiger partial charge in [0.15, 0.2) is 0 Å². The molecule has 0 unspecified atom stereocenters. The van der Waals surface area contributed by atoms with Crippen molar-refractivity contribution in [2.24, 2.45) is 5.73 Å². The van der Waals surface area contributed by atoms with Crippen molar-refractivity contribution in [1.82, 2.24) is 5.32 Å². The fourth-order valence-electron chi connectivity index (χ4n) is 1.54. The first kappa shape index (κ1) is 14.8. The zero-order valence-corrected chi connectivity index (χ0v) is 11.4. The molecule has 0 radical (unpaired) electrons. The van der Waals surface area contributed by atoms with Crippen molar-refractivity contribution in [2.45, 2.75) is 32.2 Å². The molecule has 18 heavy (non-hydrogen) atoms. The smallest absolute Gasteiger partial charge is 0.252 e. The van der Waals surface area contributed by atoms with E-state index < -0.39 is 5.54 Å². The van der Waals surface area contributed by atoms with Crippen LogP contribution in [0.15, 0.2) is 18.2 Å². The zero-order chi connectivity index (χ0) is 13.8. The lowest BCUT2D eigenvalue weighted by Crippen LogP contribution is -2.49. The summed E-state index contributed by atoms with van der Waals surface area (Å²) in [5.41, 5.74) is 5.95. The monoisotopic (exact) mass is 270 g/mol. The predicted octanol–water partition coefficient (Wildman–Crippen LogP) is 2.29. The summed E-state index contributed by atoms with van der Waals surface area (Å²) in [4.78, 5) is 11.9. The highest BCUT2D eigenvalue weighted by Gasteiger charge is 2.21. The van der Waals surface area contributed by atoms with Crippen molar-refractivity contribution < 1.29 is 9.90 Å². The SMILES string of the molecule is CCC(N)(CC)CNC(=O)c1cc(O)ccc1Cl. The maximum atomic E-state index is 11.9. The number of carbonyl (C=O) groups excluding carboxylic acids is 1. The van der Waals surface area contributed by atoms with Crippen molar-refractivity contribution >= 4 is 17.5 Å². The summed E-state index contributed by atoms with van der Waals surface area (Å²) in [6, 6.07) is 4.26. The number of nitrogens with two attached hydrogens (primary N) is 1. The number of halogens is 1. The lowest BCUT2D eigenvalue weighted by molar-refractivity contribution is 0.0942. The number of benzene rings is 1. The topological polar surface area (TPSA) is 75.3 Å². The van der Waals surface area contributed by atoms with Crippen molar-refractivity contribution in [3.05, 3.63) is 28.8 Å². The van der Waals surface area contributed by atoms with E-state index in [2.05, 4.69) is 5.32 Å². The molecule has 0 aliphatic heterocycles. The van der Waals surface area contributed by atoms with Crippen LogP contribution in [0.3, 0.4) is 0 Å². The van der Waals surface area contributed by atoms with Gasteiger partial charge in [-0.25, -0.2) is 0 Å². The zero-order valence-electron chi connectivity index (χ0n) is 10.7. The van der Waals surface area contributed by atoms with Gasteiger partial charge >= 0.3 is 0 Å². The number of hydrogen-bond acceptors (Lipinski definition) is 3. The molecule has 0 spiro atoms. The molecule has 0 saturated heterocycles. The molecule has 0 aliphatic carbocycles. The van der Waals surface area contributed by atoms with E-state index in [1.54, 1.807) is 0 Å². The molecule has 0 saturated carbocycles. The second kappa shape index (κ2) is 6.07. The number of rotatable bonds is 5. The van der Waals surface area contributed by atoms with Crippen LogP contribution in [0.2, 0.25) is 5.02 Å². The van der Waals surface area contributed by atoms with Gasteiger partial charge in [0, 0.05) is 12.1 Å². The number of phenols is 1. The molecule has 0 atom stereocenters. The minimum atomic E-state index is -0.404. The van der Waals surface area contributed by atoms with Gasteiger partial charge in [0.05, 0.1) is 10.6 Å². The van der Waals surface area contributed by atoms with E-state index in [-0.39, 0.29) is 17.2 Å². The van der Waals surface area contributed by atoms with E-state index in [4.69, 9.17) is 17.3 Å². The fourth-order valence-corrected chi connectivity index (χ4v) is 1.74. The molecule has 0 aromatic heterocycles. The average Bonchev–Trinajstić information content (AvgIpc) is 2.38. The van der Waals surface area contributed by atoms with Gasteiger partial charge in [0.25, 0.3) is 5.91 Å². The Morgan fingerprint density at radius 1 is 1.44 bits per heavy atom. The first-order valence-corrected chi connectivity index (χ1v) is 6.35. The molecule has 1 aromatic rings. The number of phenolic OH excluding ortho intramolecular Hbond substituents is 1. The Morgan fingerprint density at radius 3 is 2.61 bits per heavy atom. The molecule has 1 amide bonds. The third-order valence-electron chi connectivity index (χ3n) is 3.20. The first-order chi connectivity index (χ1) is 8.41. The molecule has 0 heterocycles. The Labute approximate surface area is 112 Å². The molecule has 5 heteroatoms. The fraction of sp³-hybridized carbons (Fsp3) is 0.462. The van der Waals surface area contributed by atoms with Crippen LogP contribution in [0.4, 0.5) is 0 Å². The number of carbonyl (C=O) groups is 1. The summed E-state index contributed by atoms with van der Waals surface area (Å²) in [7, 11) is 0. The molecule has 100 valence electrons. The van der Waals surface area contributed by atoms with Crippen LogP contribution in [-0.4, -0.2) is 23.1 Å². The number of nitrogens with one attached hydrogen (secondary N) is 1. The second-order valence-corrected chi connectivity index (χ2v) is 4.82. The maximum Gasteiger partial charge on any atom is 0.252 e. The van der Waals surface area contributed by atoms with Crippen LogP contribution in [-0.2, 0) is 0 Å². The van der Waals surface area contributed by atoms with Crippen LogP contribution >= 0.6 is 11.6 Å². The molecule has 0 bridgehead atoms. The third kappa shape index (κ3) is 3.62. The van der Waals surface area contributed by atoms with Crippen LogP contribution in [0.5, 0.6) is 5.75 Å². The van der Waals surface area contributed by atoms with E-state index in [0.29, 0.717) is 11.6 Å². The van der Waals surface area contributed by atoms with E-state index in [9.17, 15) is 9.90 Å². The Bertz CT molecular complexity index is 431. The molecule has 1 rings (SSSR count). The molecular weight excluding hydrogens is 252 g/mol. The summed E-state index contributed by atoms with van der Waals surface area (Å²) in [5.74, 6) is -0.317. The molecule has 0 aliphatic rings. The Morgan fingerprint density at radius 2 is 2.06 bits per heavy atom. The van der Waals surface area contributed by atoms with E-state index in [0.717, 1.165) is 12.8 Å². The average molecular weight is 271 g/mol. The van der Waals surface area contributed by atoms with Crippen LogP contribution in [0.25, 0.3) is 0 Å². The van der Waals surface area contributed by atoms with E-state index in [1.807, 2.05) is 13.8 Å². The van der Waals surface area contributed by atoms with Gasteiger partial charge in [0.2, 0.25) is 0 Å². The Hall–Kier alpha value is -1.26. The van der Waals surface area contributed by atoms with Crippen molar-refractivity contribution in [3.63, 3.8) is 0 Å². The minimum Gasteiger partial charge on any atom is -0.508 e. The predicted molar refractivity (Wildman–Crippen MR) is 73.0 cm³/mol. The second-order valence-electron chi connectivity index (χ2n) is 4.42. The van der Waals surface area contributed by atoms with Crippen LogP contribution in [0.1, 0.15) is 37.0 Å². The quantitative estimate of drug-likeness (QED) is 0.768. The lowest BCUT2D eigenvalue weighted by atomic mass is 9.94. The van der Waals surface area contributed by atoms with Crippen molar-refractivity contribution in [1.29, 1.82) is 0 Å². The Balaban J connectivity index is 2.74. The van der Waals surface area contributed by atoms with Gasteiger partial charge < -0.3 is 16.2 Å². The lowest BCUT2D eigenvalue weighted by Gasteiger charge is -2.26. The largest absolute Gasteiger partial charge is 0.508 e. The molecular formula is C13H19ClN2O2. The summed E-state index contributed by atoms with van der Waals surface area (Å²) in [5, 5.41) is 12.4. The minimum absolute atomic E-state index is 0.00884. The molecule has 4 N–H and O–H groups in total. The van der Waals surface area contributed by atoms with Gasteiger partial charge in [-0.05, 0) is 31.0 Å². The first-order valence-electron chi connectivity index (χ1n) is 5.97. The van der Waals surface area contributed by atoms with Crippen LogP contribution < -0.4 is 11.1 Å².